The fraction of sp³-hybridized carbons (Fsp3) is 0.500. The van der Waals surface area contributed by atoms with Crippen molar-refractivity contribution in [2.45, 2.75) is 84.0 Å². The quantitative estimate of drug-likeness (QED) is 0.129. The van der Waals surface area contributed by atoms with E-state index in [1.807, 2.05) is 75.2 Å². The number of H-pyrrole nitrogens is 2. The van der Waals surface area contributed by atoms with Crippen LogP contribution in [0.15, 0.2) is 55.0 Å². The van der Waals surface area contributed by atoms with Crippen LogP contribution in [0, 0.1) is 23.7 Å². The molecule has 2 saturated heterocycles. The average molecular weight is 780 g/mol. The van der Waals surface area contributed by atoms with Crippen molar-refractivity contribution in [3.8, 4) is 33.8 Å². The van der Waals surface area contributed by atoms with E-state index in [0.29, 0.717) is 30.7 Å². The second kappa shape index (κ2) is 16.8. The second-order valence-corrected chi connectivity index (χ2v) is 16.1. The highest BCUT2D eigenvalue weighted by Crippen LogP contribution is 2.47. The molecule has 15 heteroatoms. The van der Waals surface area contributed by atoms with Crippen molar-refractivity contribution >= 4 is 24.0 Å². The van der Waals surface area contributed by atoms with E-state index >= 15 is 0 Å². The highest BCUT2D eigenvalue weighted by molar-refractivity contribution is 5.87. The number of aromatic nitrogens is 5. The largest absolute Gasteiger partial charge is 0.453 e. The number of rotatable bonds is 12. The molecule has 5 atom stereocenters. The van der Waals surface area contributed by atoms with E-state index in [1.165, 1.54) is 27.1 Å². The van der Waals surface area contributed by atoms with Gasteiger partial charge in [-0.05, 0) is 73.5 Å². The van der Waals surface area contributed by atoms with Gasteiger partial charge in [-0.15, -0.1) is 0 Å². The van der Waals surface area contributed by atoms with Crippen LogP contribution in [0.3, 0.4) is 0 Å². The van der Waals surface area contributed by atoms with E-state index in [1.54, 1.807) is 17.3 Å². The lowest BCUT2D eigenvalue weighted by molar-refractivity contribution is -0.136. The highest BCUT2D eigenvalue weighted by atomic mass is 16.5. The van der Waals surface area contributed by atoms with Crippen molar-refractivity contribution in [3.63, 3.8) is 0 Å². The number of imidazole rings is 2. The summed E-state index contributed by atoms with van der Waals surface area (Å²) in [5.41, 5.74) is 5.24. The third-order valence-corrected chi connectivity index (χ3v) is 11.6. The summed E-state index contributed by atoms with van der Waals surface area (Å²) < 4.78 is 9.57. The minimum Gasteiger partial charge on any atom is -0.453 e. The first-order chi connectivity index (χ1) is 27.4. The van der Waals surface area contributed by atoms with Crippen LogP contribution in [-0.2, 0) is 19.1 Å². The number of pyridine rings is 1. The van der Waals surface area contributed by atoms with Crippen LogP contribution in [0.25, 0.3) is 33.8 Å². The zero-order valence-electron chi connectivity index (χ0n) is 33.5. The van der Waals surface area contributed by atoms with Gasteiger partial charge >= 0.3 is 12.2 Å². The maximum Gasteiger partial charge on any atom is 0.407 e. The predicted molar refractivity (Wildman–Crippen MR) is 212 cm³/mol. The summed E-state index contributed by atoms with van der Waals surface area (Å²) in [7, 11) is 2.59. The number of hydrogen-bond acceptors (Lipinski definition) is 9. The second-order valence-electron chi connectivity index (χ2n) is 16.1. The van der Waals surface area contributed by atoms with Crippen molar-refractivity contribution in [2.75, 3.05) is 27.3 Å². The van der Waals surface area contributed by atoms with Crippen LogP contribution in [0.5, 0.6) is 0 Å². The minimum absolute atomic E-state index is 0.109. The average Bonchev–Trinajstić information content (AvgIpc) is 3.65. The molecular weight excluding hydrogens is 727 g/mol. The fourth-order valence-corrected chi connectivity index (χ4v) is 8.20. The molecule has 0 bridgehead atoms. The van der Waals surface area contributed by atoms with E-state index in [2.05, 4.69) is 25.6 Å². The van der Waals surface area contributed by atoms with Crippen LogP contribution in [0.2, 0.25) is 0 Å². The van der Waals surface area contributed by atoms with Gasteiger partial charge < -0.3 is 39.9 Å². The van der Waals surface area contributed by atoms with Crippen LogP contribution in [-0.4, -0.2) is 98.1 Å². The molecule has 3 aromatic heterocycles. The molecule has 1 saturated carbocycles. The highest BCUT2D eigenvalue weighted by Gasteiger charge is 2.46. The van der Waals surface area contributed by atoms with Gasteiger partial charge in [0.25, 0.3) is 0 Å². The van der Waals surface area contributed by atoms with E-state index in [4.69, 9.17) is 19.4 Å². The molecule has 5 heterocycles. The lowest BCUT2D eigenvalue weighted by Gasteiger charge is -2.30. The smallest absolute Gasteiger partial charge is 0.407 e. The Bertz CT molecular complexity index is 2060. The standard InChI is InChI=1S/C42H53N9O6/c1-23(2)35(48-41(54)56-5)39(52)50-17-7-8-33(50)37-44-20-31(46-37)27-13-11-26(12-14-27)30-16-15-28(19-43-30)32-21-45-38(47-32)34-18-29(25-9-10-25)22-51(34)40(53)36(24(3)4)49-42(55)57-6/h11-16,19-21,23-25,29,33-36H,7-10,17-18,22H2,1-6H3,(H,44,46)(H,45,47)(H,48,54)(H,49,55)/t29-,33-,34-,35-,36-/m0/s1. The molecule has 57 heavy (non-hydrogen) atoms. The summed E-state index contributed by atoms with van der Waals surface area (Å²) in [6, 6.07) is 10.2. The lowest BCUT2D eigenvalue weighted by Crippen LogP contribution is -2.51. The van der Waals surface area contributed by atoms with Gasteiger partial charge in [-0.25, -0.2) is 19.6 Å². The van der Waals surface area contributed by atoms with Crippen molar-refractivity contribution in [1.82, 2.24) is 45.4 Å². The topological polar surface area (TPSA) is 188 Å². The molecule has 0 unspecified atom stereocenters. The summed E-state index contributed by atoms with van der Waals surface area (Å²) in [5.74, 6) is 1.97. The Balaban J connectivity index is 1.02. The van der Waals surface area contributed by atoms with Crippen molar-refractivity contribution in [3.05, 3.63) is 66.6 Å². The van der Waals surface area contributed by atoms with Crippen molar-refractivity contribution in [2.24, 2.45) is 23.7 Å². The number of aromatic amines is 2. The number of carbonyl (C=O) groups is 4. The molecule has 3 aliphatic rings. The molecule has 2 aliphatic heterocycles. The molecule has 0 spiro atoms. The molecule has 7 rings (SSSR count). The first kappa shape index (κ1) is 39.5. The van der Waals surface area contributed by atoms with E-state index in [-0.39, 0.29) is 35.7 Å². The number of amides is 4. The zero-order valence-corrected chi connectivity index (χ0v) is 33.5. The molecule has 302 valence electrons. The van der Waals surface area contributed by atoms with Gasteiger partial charge in [-0.3, -0.25) is 14.6 Å². The molecule has 0 radical (unpaired) electrons. The summed E-state index contributed by atoms with van der Waals surface area (Å²) in [5, 5.41) is 5.44. The van der Waals surface area contributed by atoms with Gasteiger partial charge in [0.05, 0.1) is 55.8 Å². The first-order valence-electron chi connectivity index (χ1n) is 19.9. The Morgan fingerprint density at radius 1 is 0.667 bits per heavy atom. The lowest BCUT2D eigenvalue weighted by atomic mass is 10.0. The molecule has 15 nitrogen and oxygen atoms in total. The number of ether oxygens (including phenoxy) is 2. The van der Waals surface area contributed by atoms with Crippen LogP contribution < -0.4 is 10.6 Å². The number of nitrogens with zero attached hydrogens (tertiary/aromatic N) is 5. The molecular formula is C42H53N9O6. The van der Waals surface area contributed by atoms with E-state index < -0.39 is 24.3 Å². The predicted octanol–water partition coefficient (Wildman–Crippen LogP) is 6.25. The first-order valence-corrected chi connectivity index (χ1v) is 19.9. The third-order valence-electron chi connectivity index (χ3n) is 11.6. The summed E-state index contributed by atoms with van der Waals surface area (Å²) in [6.45, 7) is 8.86. The number of alkyl carbamates (subject to hydrolysis) is 2. The summed E-state index contributed by atoms with van der Waals surface area (Å²) >= 11 is 0. The zero-order chi connectivity index (χ0) is 40.4. The molecule has 3 fully saturated rings. The Kier molecular flexibility index (Phi) is 11.6. The van der Waals surface area contributed by atoms with Gasteiger partial charge in [0.15, 0.2) is 0 Å². The number of hydrogen-bond donors (Lipinski definition) is 4. The van der Waals surface area contributed by atoms with E-state index in [0.717, 1.165) is 58.9 Å². The van der Waals surface area contributed by atoms with Crippen molar-refractivity contribution in [1.29, 1.82) is 0 Å². The molecule has 4 N–H and O–H groups in total. The normalized spacial score (nSPS) is 20.5. The molecule has 4 amide bonds. The van der Waals surface area contributed by atoms with Gasteiger partial charge in [0.1, 0.15) is 23.7 Å². The number of benzene rings is 1. The van der Waals surface area contributed by atoms with Crippen molar-refractivity contribution < 1.29 is 28.7 Å². The Morgan fingerprint density at radius 2 is 1.21 bits per heavy atom. The Labute approximate surface area is 332 Å². The number of nitrogens with one attached hydrogen (secondary N) is 4. The molecule has 1 aromatic carbocycles. The maximum atomic E-state index is 13.9. The third kappa shape index (κ3) is 8.52. The Hall–Kier alpha value is -5.73. The summed E-state index contributed by atoms with van der Waals surface area (Å²) in [4.78, 5) is 76.3. The SMILES string of the molecule is COC(=O)N[C@H](C(=O)N1CCC[C@H]1c1ncc(-c2ccc(-c3ccc(-c4cnc([C@@H]5C[C@H](C6CC6)CN5C(=O)[C@@H](NC(=O)OC)C(C)C)[nH]4)cn3)cc2)[nH]1)C(C)C. The Morgan fingerprint density at radius 3 is 1.75 bits per heavy atom. The molecule has 4 aromatic rings. The van der Waals surface area contributed by atoms with Crippen LogP contribution in [0.1, 0.15) is 83.5 Å². The van der Waals surface area contributed by atoms with Crippen LogP contribution in [0.4, 0.5) is 9.59 Å². The number of likely N-dealkylation sites (tertiary alicyclic amines) is 2. The number of carbonyl (C=O) groups excluding carboxylic acids is 4. The summed E-state index contributed by atoms with van der Waals surface area (Å²) in [6.07, 6.45) is 8.97. The van der Waals surface area contributed by atoms with E-state index in [9.17, 15) is 19.2 Å². The molecule has 1 aliphatic carbocycles. The van der Waals surface area contributed by atoms with Gasteiger partial charge in [-0.1, -0.05) is 52.0 Å². The van der Waals surface area contributed by atoms with Gasteiger partial charge in [0.2, 0.25) is 11.8 Å². The monoisotopic (exact) mass is 779 g/mol. The van der Waals surface area contributed by atoms with Gasteiger partial charge in [-0.2, -0.15) is 0 Å². The minimum atomic E-state index is -0.697. The number of methoxy groups -OCH3 is 2. The maximum absolute atomic E-state index is 13.9. The van der Waals surface area contributed by atoms with Crippen LogP contribution >= 0.6 is 0 Å². The van der Waals surface area contributed by atoms with Gasteiger partial charge in [0, 0.05) is 30.4 Å². The fourth-order valence-electron chi connectivity index (χ4n) is 8.20.